The lowest BCUT2D eigenvalue weighted by Crippen LogP contribution is -2.05. The predicted molar refractivity (Wildman–Crippen MR) is 58.3 cm³/mol. The molecule has 4 nitrogen and oxygen atoms in total. The third-order valence-corrected chi connectivity index (χ3v) is 2.63. The Morgan fingerprint density at radius 2 is 2.13 bits per heavy atom. The van der Waals surface area contributed by atoms with Crippen molar-refractivity contribution in [2.24, 2.45) is 12.8 Å². The Morgan fingerprint density at radius 1 is 1.40 bits per heavy atom. The molecule has 0 saturated heterocycles. The van der Waals surface area contributed by atoms with E-state index in [1.807, 2.05) is 37.6 Å². The third-order valence-electron chi connectivity index (χ3n) is 2.63. The van der Waals surface area contributed by atoms with Crippen LogP contribution in [0.2, 0.25) is 0 Å². The van der Waals surface area contributed by atoms with Crippen molar-refractivity contribution in [3.05, 3.63) is 29.4 Å². The first kappa shape index (κ1) is 9.98. The summed E-state index contributed by atoms with van der Waals surface area (Å²) in [5.41, 5.74) is 7.56. The summed E-state index contributed by atoms with van der Waals surface area (Å²) in [6.07, 6.45) is 0. The maximum atomic E-state index is 5.60. The van der Waals surface area contributed by atoms with Crippen LogP contribution in [-0.4, -0.2) is 9.55 Å². The topological polar surface area (TPSA) is 57.0 Å². The second-order valence-electron chi connectivity index (χ2n) is 3.64. The molecule has 0 saturated carbocycles. The van der Waals surface area contributed by atoms with Crippen molar-refractivity contribution in [3.8, 4) is 11.5 Å². The van der Waals surface area contributed by atoms with Crippen LogP contribution in [0.15, 0.2) is 16.5 Å². The van der Waals surface area contributed by atoms with Gasteiger partial charge in [0.15, 0.2) is 5.76 Å². The van der Waals surface area contributed by atoms with Gasteiger partial charge in [-0.3, -0.25) is 0 Å². The van der Waals surface area contributed by atoms with Crippen LogP contribution < -0.4 is 5.73 Å². The Morgan fingerprint density at radius 3 is 2.60 bits per heavy atom. The smallest absolute Gasteiger partial charge is 0.154 e. The van der Waals surface area contributed by atoms with Gasteiger partial charge in [-0.05, 0) is 26.0 Å². The Hall–Kier alpha value is -1.55. The fourth-order valence-electron chi connectivity index (χ4n) is 1.62. The second kappa shape index (κ2) is 3.55. The van der Waals surface area contributed by atoms with Gasteiger partial charge in [0.05, 0.1) is 6.54 Å². The van der Waals surface area contributed by atoms with E-state index in [1.165, 1.54) is 0 Å². The number of aromatic nitrogens is 2. The molecule has 0 unspecified atom stereocenters. The lowest BCUT2D eigenvalue weighted by Gasteiger charge is -1.98. The highest BCUT2D eigenvalue weighted by Crippen LogP contribution is 2.24. The molecule has 0 spiro atoms. The monoisotopic (exact) mass is 205 g/mol. The van der Waals surface area contributed by atoms with Crippen LogP contribution in [0.3, 0.4) is 0 Å². The lowest BCUT2D eigenvalue weighted by atomic mass is 10.3. The van der Waals surface area contributed by atoms with Gasteiger partial charge in [0.25, 0.3) is 0 Å². The zero-order valence-electron chi connectivity index (χ0n) is 9.24. The largest absolute Gasteiger partial charge is 0.460 e. The summed E-state index contributed by atoms with van der Waals surface area (Å²) in [5, 5.41) is 0. The van der Waals surface area contributed by atoms with Gasteiger partial charge in [-0.15, -0.1) is 0 Å². The number of hydrogen-bond acceptors (Lipinski definition) is 3. The molecule has 2 rings (SSSR count). The summed E-state index contributed by atoms with van der Waals surface area (Å²) >= 11 is 0. The van der Waals surface area contributed by atoms with E-state index >= 15 is 0 Å². The molecular weight excluding hydrogens is 190 g/mol. The molecule has 4 heteroatoms. The van der Waals surface area contributed by atoms with Crippen molar-refractivity contribution in [3.63, 3.8) is 0 Å². The van der Waals surface area contributed by atoms with Crippen LogP contribution >= 0.6 is 0 Å². The minimum absolute atomic E-state index is 0.441. The number of furan rings is 1. The first-order valence-corrected chi connectivity index (χ1v) is 4.92. The maximum Gasteiger partial charge on any atom is 0.154 e. The van der Waals surface area contributed by atoms with Gasteiger partial charge in [0.2, 0.25) is 0 Å². The molecule has 2 aromatic heterocycles. The molecule has 0 aliphatic carbocycles. The van der Waals surface area contributed by atoms with Crippen molar-refractivity contribution in [1.82, 2.24) is 9.55 Å². The van der Waals surface area contributed by atoms with E-state index in [-0.39, 0.29) is 0 Å². The number of aryl methyl sites for hydroxylation is 1. The zero-order valence-corrected chi connectivity index (χ0v) is 9.24. The van der Waals surface area contributed by atoms with Gasteiger partial charge in [-0.25, -0.2) is 4.98 Å². The van der Waals surface area contributed by atoms with Crippen molar-refractivity contribution < 1.29 is 4.42 Å². The van der Waals surface area contributed by atoms with Gasteiger partial charge >= 0.3 is 0 Å². The molecule has 0 aliphatic heterocycles. The molecule has 0 fully saturated rings. The molecule has 0 atom stereocenters. The standard InChI is InChI=1S/C11H15N3O/c1-7-4-5-9(15-7)11-8(2)14(3)10(6-12)13-11/h4-5H,6,12H2,1-3H3. The van der Waals surface area contributed by atoms with Gasteiger partial charge in [-0.1, -0.05) is 0 Å². The molecule has 0 aromatic carbocycles. The van der Waals surface area contributed by atoms with Gasteiger partial charge in [0.1, 0.15) is 17.3 Å². The molecule has 0 amide bonds. The van der Waals surface area contributed by atoms with Crippen LogP contribution in [0.25, 0.3) is 11.5 Å². The third kappa shape index (κ3) is 1.57. The molecule has 2 N–H and O–H groups in total. The summed E-state index contributed by atoms with van der Waals surface area (Å²) in [7, 11) is 1.96. The van der Waals surface area contributed by atoms with E-state index in [2.05, 4.69) is 4.98 Å². The average Bonchev–Trinajstić information content (AvgIpc) is 2.74. The Bertz CT molecular complexity index is 482. The van der Waals surface area contributed by atoms with Crippen molar-refractivity contribution in [2.75, 3.05) is 0 Å². The molecule has 0 aliphatic rings. The highest BCUT2D eigenvalue weighted by Gasteiger charge is 2.14. The van der Waals surface area contributed by atoms with Gasteiger partial charge in [-0.2, -0.15) is 0 Å². The maximum absolute atomic E-state index is 5.60. The minimum Gasteiger partial charge on any atom is -0.460 e. The van der Waals surface area contributed by atoms with E-state index in [4.69, 9.17) is 10.2 Å². The van der Waals surface area contributed by atoms with E-state index in [1.54, 1.807) is 0 Å². The predicted octanol–water partition coefficient (Wildman–Crippen LogP) is 1.76. The summed E-state index contributed by atoms with van der Waals surface area (Å²) < 4.78 is 7.54. The SMILES string of the molecule is Cc1ccc(-c2nc(CN)n(C)c2C)o1. The minimum atomic E-state index is 0.441. The van der Waals surface area contributed by atoms with E-state index in [0.717, 1.165) is 28.7 Å². The number of rotatable bonds is 2. The lowest BCUT2D eigenvalue weighted by molar-refractivity contribution is 0.546. The van der Waals surface area contributed by atoms with Crippen LogP contribution in [0, 0.1) is 13.8 Å². The van der Waals surface area contributed by atoms with Crippen LogP contribution in [-0.2, 0) is 13.6 Å². The molecule has 80 valence electrons. The fourth-order valence-corrected chi connectivity index (χ4v) is 1.62. The van der Waals surface area contributed by atoms with Crippen molar-refractivity contribution in [2.45, 2.75) is 20.4 Å². The van der Waals surface area contributed by atoms with Gasteiger partial charge < -0.3 is 14.7 Å². The number of nitrogens with zero attached hydrogens (tertiary/aromatic N) is 2. The molecule has 15 heavy (non-hydrogen) atoms. The first-order valence-electron chi connectivity index (χ1n) is 4.92. The zero-order chi connectivity index (χ0) is 11.0. The number of hydrogen-bond donors (Lipinski definition) is 1. The molecule has 2 heterocycles. The summed E-state index contributed by atoms with van der Waals surface area (Å²) in [4.78, 5) is 4.46. The Kier molecular flexibility index (Phi) is 2.36. The van der Waals surface area contributed by atoms with Gasteiger partial charge in [0, 0.05) is 12.7 Å². The molecule has 0 bridgehead atoms. The van der Waals surface area contributed by atoms with E-state index in [0.29, 0.717) is 6.54 Å². The molecule has 2 aromatic rings. The summed E-state index contributed by atoms with van der Waals surface area (Å²) in [6, 6.07) is 3.87. The second-order valence-corrected chi connectivity index (χ2v) is 3.64. The Balaban J connectivity index is 2.53. The van der Waals surface area contributed by atoms with Crippen molar-refractivity contribution in [1.29, 1.82) is 0 Å². The summed E-state index contributed by atoms with van der Waals surface area (Å²) in [6.45, 7) is 4.38. The van der Waals surface area contributed by atoms with E-state index in [9.17, 15) is 0 Å². The highest BCUT2D eigenvalue weighted by atomic mass is 16.3. The van der Waals surface area contributed by atoms with Crippen LogP contribution in [0.4, 0.5) is 0 Å². The first-order chi connectivity index (χ1) is 7.13. The Labute approximate surface area is 88.7 Å². The average molecular weight is 205 g/mol. The molecular formula is C11H15N3O. The van der Waals surface area contributed by atoms with E-state index < -0.39 is 0 Å². The van der Waals surface area contributed by atoms with Crippen LogP contribution in [0.5, 0.6) is 0 Å². The fraction of sp³-hybridized carbons (Fsp3) is 0.364. The van der Waals surface area contributed by atoms with Crippen LogP contribution in [0.1, 0.15) is 17.3 Å². The van der Waals surface area contributed by atoms with Crippen molar-refractivity contribution >= 4 is 0 Å². The summed E-state index contributed by atoms with van der Waals surface area (Å²) in [5.74, 6) is 2.57. The number of imidazole rings is 1. The quantitative estimate of drug-likeness (QED) is 0.812. The number of nitrogens with two attached hydrogens (primary N) is 1. The highest BCUT2D eigenvalue weighted by molar-refractivity contribution is 5.56. The normalized spacial score (nSPS) is 10.9. The molecule has 0 radical (unpaired) electrons.